The Bertz CT molecular complexity index is 947. The second-order valence-electron chi connectivity index (χ2n) is 5.71. The highest BCUT2D eigenvalue weighted by Crippen LogP contribution is 2.36. The van der Waals surface area contributed by atoms with E-state index in [0.717, 1.165) is 13.1 Å². The summed E-state index contributed by atoms with van der Waals surface area (Å²) in [7, 11) is 0. The maximum absolute atomic E-state index is 10.2. The Morgan fingerprint density at radius 1 is 1.16 bits per heavy atom. The second kappa shape index (κ2) is 6.55. The minimum atomic E-state index is 0.0496. The van der Waals surface area contributed by atoms with Crippen LogP contribution in [0.1, 0.15) is 0 Å². The van der Waals surface area contributed by atoms with Gasteiger partial charge in [-0.15, -0.1) is 0 Å². The van der Waals surface area contributed by atoms with E-state index < -0.39 is 0 Å². The molecule has 1 aromatic heterocycles. The third kappa shape index (κ3) is 3.28. The molecule has 1 saturated heterocycles. The van der Waals surface area contributed by atoms with Crippen molar-refractivity contribution in [1.29, 1.82) is 0 Å². The van der Waals surface area contributed by atoms with Crippen LogP contribution >= 0.6 is 23.2 Å². The summed E-state index contributed by atoms with van der Waals surface area (Å²) in [6.45, 7) is 1.52. The number of nitrogens with one attached hydrogen (secondary N) is 2. The van der Waals surface area contributed by atoms with Gasteiger partial charge in [0.2, 0.25) is 0 Å². The standard InChI is InChI=1S/C17H14Cl2N4O2/c18-9-1-2-13(12(19)3-9)23-17-11-4-16(25-10-6-20-7-10)15(24)5-14(11)21-8-22-17/h1-5,8,10,20,24H,6-7H2,(H,21,22,23). The maximum atomic E-state index is 10.2. The molecule has 4 rings (SSSR count). The van der Waals surface area contributed by atoms with E-state index in [4.69, 9.17) is 27.9 Å². The van der Waals surface area contributed by atoms with Crippen molar-refractivity contribution in [3.63, 3.8) is 0 Å². The predicted octanol–water partition coefficient (Wildman–Crippen LogP) is 3.74. The molecular weight excluding hydrogens is 363 g/mol. The first-order valence-corrected chi connectivity index (χ1v) is 8.43. The summed E-state index contributed by atoms with van der Waals surface area (Å²) in [6, 6.07) is 8.46. The molecule has 25 heavy (non-hydrogen) atoms. The molecule has 128 valence electrons. The fraction of sp³-hybridized carbons (Fsp3) is 0.176. The molecule has 2 heterocycles. The fourth-order valence-corrected chi connectivity index (χ4v) is 2.97. The third-order valence-electron chi connectivity index (χ3n) is 3.94. The van der Waals surface area contributed by atoms with Crippen molar-refractivity contribution in [2.45, 2.75) is 6.10 Å². The lowest BCUT2D eigenvalue weighted by molar-refractivity contribution is 0.138. The van der Waals surface area contributed by atoms with Crippen LogP contribution in [0.3, 0.4) is 0 Å². The number of phenols is 1. The highest BCUT2D eigenvalue weighted by molar-refractivity contribution is 6.36. The normalized spacial score (nSPS) is 14.3. The van der Waals surface area contributed by atoms with Crippen LogP contribution in [-0.4, -0.2) is 34.3 Å². The third-order valence-corrected chi connectivity index (χ3v) is 4.49. The van der Waals surface area contributed by atoms with E-state index in [9.17, 15) is 5.11 Å². The monoisotopic (exact) mass is 376 g/mol. The predicted molar refractivity (Wildman–Crippen MR) is 98.2 cm³/mol. The Hall–Kier alpha value is -2.28. The molecule has 0 bridgehead atoms. The molecule has 0 spiro atoms. The van der Waals surface area contributed by atoms with E-state index >= 15 is 0 Å². The number of nitrogens with zero attached hydrogens (tertiary/aromatic N) is 2. The molecule has 0 radical (unpaired) electrons. The van der Waals surface area contributed by atoms with Gasteiger partial charge in [-0.1, -0.05) is 23.2 Å². The topological polar surface area (TPSA) is 79.3 Å². The molecule has 1 fully saturated rings. The lowest BCUT2D eigenvalue weighted by Gasteiger charge is -2.28. The molecule has 0 amide bonds. The van der Waals surface area contributed by atoms with E-state index in [1.54, 1.807) is 30.3 Å². The molecule has 3 aromatic rings. The summed E-state index contributed by atoms with van der Waals surface area (Å²) in [5.74, 6) is 1.01. The number of aromatic nitrogens is 2. The Morgan fingerprint density at radius 2 is 2.00 bits per heavy atom. The minimum Gasteiger partial charge on any atom is -0.504 e. The van der Waals surface area contributed by atoms with Crippen LogP contribution in [0.2, 0.25) is 10.0 Å². The minimum absolute atomic E-state index is 0.0496. The smallest absolute Gasteiger partial charge is 0.162 e. The second-order valence-corrected chi connectivity index (χ2v) is 6.55. The number of phenolic OH excluding ortho intramolecular Hbond substituents is 1. The fourth-order valence-electron chi connectivity index (χ4n) is 2.51. The Kier molecular flexibility index (Phi) is 4.25. The average molecular weight is 377 g/mol. The molecule has 3 N–H and O–H groups in total. The van der Waals surface area contributed by atoms with Crippen molar-refractivity contribution in [2.24, 2.45) is 0 Å². The van der Waals surface area contributed by atoms with E-state index in [1.165, 1.54) is 6.33 Å². The maximum Gasteiger partial charge on any atom is 0.162 e. The van der Waals surface area contributed by atoms with Gasteiger partial charge in [-0.3, -0.25) is 0 Å². The lowest BCUT2D eigenvalue weighted by atomic mass is 10.2. The number of benzene rings is 2. The molecule has 0 aliphatic carbocycles. The first-order chi connectivity index (χ1) is 12.1. The number of anilines is 2. The van der Waals surface area contributed by atoms with Crippen LogP contribution in [0.4, 0.5) is 11.5 Å². The zero-order valence-electron chi connectivity index (χ0n) is 13.0. The highest BCUT2D eigenvalue weighted by atomic mass is 35.5. The van der Waals surface area contributed by atoms with E-state index in [0.29, 0.717) is 38.2 Å². The molecule has 1 aliphatic rings. The molecule has 0 unspecified atom stereocenters. The number of halogens is 2. The zero-order valence-corrected chi connectivity index (χ0v) is 14.5. The molecule has 0 atom stereocenters. The van der Waals surface area contributed by atoms with Crippen LogP contribution in [0.15, 0.2) is 36.7 Å². The molecule has 2 aromatic carbocycles. The summed E-state index contributed by atoms with van der Waals surface area (Å²) < 4.78 is 5.79. The first-order valence-electron chi connectivity index (χ1n) is 7.67. The zero-order chi connectivity index (χ0) is 17.4. The van der Waals surface area contributed by atoms with Gasteiger partial charge in [0, 0.05) is 29.6 Å². The number of fused-ring (bicyclic) bond motifs is 1. The Labute approximate surface area is 153 Å². The summed E-state index contributed by atoms with van der Waals surface area (Å²) in [4.78, 5) is 8.49. The van der Waals surface area contributed by atoms with Crippen LogP contribution in [-0.2, 0) is 0 Å². The van der Waals surface area contributed by atoms with Gasteiger partial charge in [-0.2, -0.15) is 0 Å². The number of ether oxygens (including phenoxy) is 1. The average Bonchev–Trinajstić information content (AvgIpc) is 2.54. The lowest BCUT2D eigenvalue weighted by Crippen LogP contribution is -2.50. The van der Waals surface area contributed by atoms with Gasteiger partial charge in [-0.25, -0.2) is 9.97 Å². The number of hydrogen-bond acceptors (Lipinski definition) is 6. The van der Waals surface area contributed by atoms with E-state index in [2.05, 4.69) is 20.6 Å². The summed E-state index contributed by atoms with van der Waals surface area (Å²) in [6.07, 6.45) is 1.47. The summed E-state index contributed by atoms with van der Waals surface area (Å²) >= 11 is 12.2. The van der Waals surface area contributed by atoms with Gasteiger partial charge in [0.25, 0.3) is 0 Å². The number of rotatable bonds is 4. The van der Waals surface area contributed by atoms with E-state index in [-0.39, 0.29) is 11.9 Å². The number of hydrogen-bond donors (Lipinski definition) is 3. The van der Waals surface area contributed by atoms with Gasteiger partial charge in [0.1, 0.15) is 18.2 Å². The van der Waals surface area contributed by atoms with Crippen LogP contribution in [0.25, 0.3) is 10.9 Å². The van der Waals surface area contributed by atoms with Crippen molar-refractivity contribution in [1.82, 2.24) is 15.3 Å². The van der Waals surface area contributed by atoms with Gasteiger partial charge >= 0.3 is 0 Å². The summed E-state index contributed by atoms with van der Waals surface area (Å²) in [5.41, 5.74) is 1.27. The first kappa shape index (κ1) is 16.2. The van der Waals surface area contributed by atoms with Crippen LogP contribution in [0.5, 0.6) is 11.5 Å². The van der Waals surface area contributed by atoms with Crippen molar-refractivity contribution in [3.05, 3.63) is 46.7 Å². The SMILES string of the molecule is Oc1cc2ncnc(Nc3ccc(Cl)cc3Cl)c2cc1OC1CNC1. The quantitative estimate of drug-likeness (QED) is 0.643. The Balaban J connectivity index is 1.73. The largest absolute Gasteiger partial charge is 0.504 e. The number of aromatic hydroxyl groups is 1. The molecule has 8 heteroatoms. The molecule has 6 nitrogen and oxygen atoms in total. The van der Waals surface area contributed by atoms with Gasteiger partial charge in [0.15, 0.2) is 11.5 Å². The van der Waals surface area contributed by atoms with Crippen molar-refractivity contribution >= 4 is 45.6 Å². The van der Waals surface area contributed by atoms with Gasteiger partial charge in [-0.05, 0) is 24.3 Å². The van der Waals surface area contributed by atoms with Crippen LogP contribution < -0.4 is 15.4 Å². The van der Waals surface area contributed by atoms with Crippen molar-refractivity contribution in [3.8, 4) is 11.5 Å². The molecule has 0 saturated carbocycles. The molecule has 1 aliphatic heterocycles. The van der Waals surface area contributed by atoms with Crippen molar-refractivity contribution in [2.75, 3.05) is 18.4 Å². The van der Waals surface area contributed by atoms with Gasteiger partial charge < -0.3 is 20.5 Å². The Morgan fingerprint density at radius 3 is 2.72 bits per heavy atom. The van der Waals surface area contributed by atoms with E-state index in [1.807, 2.05) is 0 Å². The van der Waals surface area contributed by atoms with Gasteiger partial charge in [0.05, 0.1) is 16.2 Å². The van der Waals surface area contributed by atoms with Crippen molar-refractivity contribution < 1.29 is 9.84 Å². The summed E-state index contributed by atoms with van der Waals surface area (Å²) in [5, 5.41) is 18.2. The highest BCUT2D eigenvalue weighted by Gasteiger charge is 2.21. The molecular formula is C17H14Cl2N4O2. The van der Waals surface area contributed by atoms with Crippen LogP contribution in [0, 0.1) is 0 Å².